The van der Waals surface area contributed by atoms with Gasteiger partial charge >= 0.3 is 0 Å². The molecule has 1 heterocycles. The normalized spacial score (nSPS) is 21.2. The number of benzene rings is 1. The zero-order valence-electron chi connectivity index (χ0n) is 10.7. The number of nitrogens with zero attached hydrogens (tertiary/aromatic N) is 1. The Balaban J connectivity index is 1.89. The summed E-state index contributed by atoms with van der Waals surface area (Å²) in [5.41, 5.74) is 1.36. The number of rotatable bonds is 2. The topological polar surface area (TPSA) is 48.9 Å². The van der Waals surface area contributed by atoms with E-state index in [9.17, 15) is 13.9 Å². The van der Waals surface area contributed by atoms with Gasteiger partial charge in [0.1, 0.15) is 0 Å². The molecule has 0 amide bonds. The SMILES string of the molecule is OC(c1cc(Cl)cc2cn[nH]c12)C1CCC(F)(F)CC1. The van der Waals surface area contributed by atoms with Crippen LogP contribution in [-0.2, 0) is 0 Å². The third kappa shape index (κ3) is 2.52. The first kappa shape index (κ1) is 13.8. The van der Waals surface area contributed by atoms with Crippen molar-refractivity contribution in [3.05, 3.63) is 28.9 Å². The number of fused-ring (bicyclic) bond motifs is 1. The number of aromatic nitrogens is 2. The van der Waals surface area contributed by atoms with Crippen molar-refractivity contribution in [1.29, 1.82) is 0 Å². The molecule has 0 aliphatic heterocycles. The van der Waals surface area contributed by atoms with Crippen LogP contribution in [0.3, 0.4) is 0 Å². The molecule has 3 rings (SSSR count). The molecule has 0 spiro atoms. The molecule has 1 aromatic heterocycles. The summed E-state index contributed by atoms with van der Waals surface area (Å²) in [6.07, 6.45) is 1.13. The van der Waals surface area contributed by atoms with Crippen molar-refractivity contribution < 1.29 is 13.9 Å². The first-order chi connectivity index (χ1) is 9.46. The van der Waals surface area contributed by atoms with Crippen molar-refractivity contribution in [2.45, 2.75) is 37.7 Å². The predicted octanol–water partition coefficient (Wildman–Crippen LogP) is 4.08. The average molecular weight is 301 g/mol. The van der Waals surface area contributed by atoms with Crippen molar-refractivity contribution in [3.63, 3.8) is 0 Å². The van der Waals surface area contributed by atoms with E-state index in [2.05, 4.69) is 10.2 Å². The number of aromatic amines is 1. The van der Waals surface area contributed by atoms with Gasteiger partial charge in [0.05, 0.1) is 17.8 Å². The minimum atomic E-state index is -2.59. The highest BCUT2D eigenvalue weighted by Crippen LogP contribution is 2.42. The number of alkyl halides is 2. The summed E-state index contributed by atoms with van der Waals surface area (Å²) in [6.45, 7) is 0. The molecule has 1 fully saturated rings. The van der Waals surface area contributed by atoms with Gasteiger partial charge in [-0.05, 0) is 30.9 Å². The zero-order chi connectivity index (χ0) is 14.3. The molecular formula is C14H15ClF2N2O. The summed E-state index contributed by atoms with van der Waals surface area (Å²) in [5, 5.41) is 18.6. The Morgan fingerprint density at radius 1 is 1.35 bits per heavy atom. The average Bonchev–Trinajstić information content (AvgIpc) is 2.85. The van der Waals surface area contributed by atoms with E-state index in [0.29, 0.717) is 23.4 Å². The maximum absolute atomic E-state index is 13.2. The highest BCUT2D eigenvalue weighted by atomic mass is 35.5. The molecule has 1 aliphatic rings. The molecule has 1 unspecified atom stereocenters. The van der Waals surface area contributed by atoms with Crippen LogP contribution in [0.25, 0.3) is 10.9 Å². The molecule has 108 valence electrons. The first-order valence-electron chi connectivity index (χ1n) is 6.65. The van der Waals surface area contributed by atoms with Crippen LogP contribution in [0.4, 0.5) is 8.78 Å². The Kier molecular flexibility index (Phi) is 3.42. The van der Waals surface area contributed by atoms with Gasteiger partial charge in [-0.3, -0.25) is 5.10 Å². The third-order valence-electron chi connectivity index (χ3n) is 4.07. The standard InChI is InChI=1S/C14H15ClF2N2O/c15-10-5-9-7-18-19-12(9)11(6-10)13(20)8-1-3-14(16,17)4-2-8/h5-8,13,20H,1-4H2,(H,18,19). The fourth-order valence-corrected chi connectivity index (χ4v) is 3.15. The lowest BCUT2D eigenvalue weighted by molar-refractivity contribution is -0.0625. The number of H-pyrrole nitrogens is 1. The number of hydrogen-bond donors (Lipinski definition) is 2. The van der Waals surface area contributed by atoms with E-state index in [-0.39, 0.29) is 18.8 Å². The van der Waals surface area contributed by atoms with Gasteiger partial charge in [-0.15, -0.1) is 0 Å². The van der Waals surface area contributed by atoms with E-state index in [0.717, 1.165) is 10.9 Å². The first-order valence-corrected chi connectivity index (χ1v) is 7.02. The van der Waals surface area contributed by atoms with Crippen LogP contribution in [0.2, 0.25) is 5.02 Å². The van der Waals surface area contributed by atoms with Crippen molar-refractivity contribution in [2.75, 3.05) is 0 Å². The van der Waals surface area contributed by atoms with Gasteiger partial charge in [-0.25, -0.2) is 8.78 Å². The molecular weight excluding hydrogens is 286 g/mol. The molecule has 1 aromatic carbocycles. The summed E-state index contributed by atoms with van der Waals surface area (Å²) in [6, 6.07) is 3.44. The van der Waals surface area contributed by atoms with E-state index < -0.39 is 12.0 Å². The highest BCUT2D eigenvalue weighted by Gasteiger charge is 2.38. The van der Waals surface area contributed by atoms with E-state index in [1.165, 1.54) is 0 Å². The second kappa shape index (κ2) is 4.97. The quantitative estimate of drug-likeness (QED) is 0.878. The molecule has 0 radical (unpaired) electrons. The Labute approximate surface area is 119 Å². The molecule has 1 aliphatic carbocycles. The van der Waals surface area contributed by atoms with Crippen LogP contribution in [-0.4, -0.2) is 21.2 Å². The number of hydrogen-bond acceptors (Lipinski definition) is 2. The Morgan fingerprint density at radius 2 is 2.05 bits per heavy atom. The smallest absolute Gasteiger partial charge is 0.248 e. The Morgan fingerprint density at radius 3 is 2.75 bits per heavy atom. The van der Waals surface area contributed by atoms with Gasteiger partial charge in [-0.2, -0.15) is 5.10 Å². The summed E-state index contributed by atoms with van der Waals surface area (Å²) in [4.78, 5) is 0. The summed E-state index contributed by atoms with van der Waals surface area (Å²) in [5.74, 6) is -2.76. The molecule has 3 nitrogen and oxygen atoms in total. The Bertz CT molecular complexity index is 619. The van der Waals surface area contributed by atoms with Crippen molar-refractivity contribution in [3.8, 4) is 0 Å². The summed E-state index contributed by atoms with van der Waals surface area (Å²) >= 11 is 6.04. The molecule has 6 heteroatoms. The second-order valence-electron chi connectivity index (χ2n) is 5.47. The van der Waals surface area contributed by atoms with Gasteiger partial charge in [0, 0.05) is 28.8 Å². The molecule has 0 saturated heterocycles. The maximum atomic E-state index is 13.2. The van der Waals surface area contributed by atoms with Crippen molar-refractivity contribution in [2.24, 2.45) is 5.92 Å². The molecule has 20 heavy (non-hydrogen) atoms. The summed E-state index contributed by atoms with van der Waals surface area (Å²) in [7, 11) is 0. The minimum absolute atomic E-state index is 0.165. The van der Waals surface area contributed by atoms with Gasteiger partial charge < -0.3 is 5.11 Å². The molecule has 0 bridgehead atoms. The second-order valence-corrected chi connectivity index (χ2v) is 5.90. The van der Waals surface area contributed by atoms with Gasteiger partial charge in [0.15, 0.2) is 0 Å². The molecule has 2 aromatic rings. The monoisotopic (exact) mass is 300 g/mol. The van der Waals surface area contributed by atoms with Gasteiger partial charge in [-0.1, -0.05) is 11.6 Å². The lowest BCUT2D eigenvalue weighted by Gasteiger charge is -2.31. The molecule has 2 N–H and O–H groups in total. The predicted molar refractivity (Wildman–Crippen MR) is 73.0 cm³/mol. The molecule has 1 atom stereocenters. The van der Waals surface area contributed by atoms with Crippen LogP contribution >= 0.6 is 11.6 Å². The van der Waals surface area contributed by atoms with E-state index in [1.807, 2.05) is 0 Å². The summed E-state index contributed by atoms with van der Waals surface area (Å²) < 4.78 is 26.4. The Hall–Kier alpha value is -1.20. The zero-order valence-corrected chi connectivity index (χ0v) is 11.5. The van der Waals surface area contributed by atoms with Crippen LogP contribution in [0.15, 0.2) is 18.3 Å². The van der Waals surface area contributed by atoms with E-state index in [4.69, 9.17) is 11.6 Å². The number of halogens is 3. The number of nitrogens with one attached hydrogen (secondary N) is 1. The van der Waals surface area contributed by atoms with E-state index in [1.54, 1.807) is 18.3 Å². The highest BCUT2D eigenvalue weighted by molar-refractivity contribution is 6.31. The lowest BCUT2D eigenvalue weighted by Crippen LogP contribution is -2.27. The van der Waals surface area contributed by atoms with Crippen molar-refractivity contribution in [1.82, 2.24) is 10.2 Å². The third-order valence-corrected chi connectivity index (χ3v) is 4.29. The fourth-order valence-electron chi connectivity index (χ4n) is 2.91. The van der Waals surface area contributed by atoms with Crippen LogP contribution < -0.4 is 0 Å². The van der Waals surface area contributed by atoms with Gasteiger partial charge in [0.2, 0.25) is 5.92 Å². The van der Waals surface area contributed by atoms with Crippen molar-refractivity contribution >= 4 is 22.5 Å². The number of aliphatic hydroxyl groups is 1. The maximum Gasteiger partial charge on any atom is 0.248 e. The lowest BCUT2D eigenvalue weighted by atomic mass is 9.81. The van der Waals surface area contributed by atoms with Crippen LogP contribution in [0.1, 0.15) is 37.4 Å². The van der Waals surface area contributed by atoms with Gasteiger partial charge in [0.25, 0.3) is 0 Å². The fraction of sp³-hybridized carbons (Fsp3) is 0.500. The van der Waals surface area contributed by atoms with E-state index >= 15 is 0 Å². The molecule has 1 saturated carbocycles. The largest absolute Gasteiger partial charge is 0.388 e. The minimum Gasteiger partial charge on any atom is -0.388 e. The van der Waals surface area contributed by atoms with Crippen LogP contribution in [0.5, 0.6) is 0 Å². The van der Waals surface area contributed by atoms with Crippen LogP contribution in [0, 0.1) is 5.92 Å². The number of aliphatic hydroxyl groups excluding tert-OH is 1.